The summed E-state index contributed by atoms with van der Waals surface area (Å²) in [5, 5.41) is 7.25. The van der Waals surface area contributed by atoms with Crippen LogP contribution in [0.25, 0.3) is 11.5 Å². The Balaban J connectivity index is 1.43. The van der Waals surface area contributed by atoms with E-state index in [2.05, 4.69) is 15.4 Å². The summed E-state index contributed by atoms with van der Waals surface area (Å²) in [5.41, 5.74) is 5.70. The van der Waals surface area contributed by atoms with Gasteiger partial charge in [-0.2, -0.15) is 5.10 Å². The van der Waals surface area contributed by atoms with E-state index in [4.69, 9.17) is 4.42 Å². The molecule has 0 aliphatic rings. The summed E-state index contributed by atoms with van der Waals surface area (Å²) in [6.07, 6.45) is 4.15. The number of oxazole rings is 1. The Morgan fingerprint density at radius 1 is 1.07 bits per heavy atom. The smallest absolute Gasteiger partial charge is 0.228 e. The number of aryl methyl sites for hydroxylation is 3. The molecule has 0 bridgehead atoms. The van der Waals surface area contributed by atoms with Gasteiger partial charge in [0.1, 0.15) is 11.5 Å². The molecule has 1 amide bonds. The van der Waals surface area contributed by atoms with E-state index < -0.39 is 0 Å². The molecule has 0 spiro atoms. The second-order valence-corrected chi connectivity index (χ2v) is 7.47. The molecule has 1 N–H and O–H groups in total. The topological polar surface area (TPSA) is 73.0 Å². The molecule has 0 radical (unpaired) electrons. The van der Waals surface area contributed by atoms with Crippen LogP contribution in [0.4, 0.5) is 5.69 Å². The van der Waals surface area contributed by atoms with Crippen LogP contribution in [0.5, 0.6) is 0 Å². The molecule has 0 aliphatic carbocycles. The number of rotatable bonds is 6. The van der Waals surface area contributed by atoms with Gasteiger partial charge in [0.2, 0.25) is 11.8 Å². The molecule has 0 unspecified atom stereocenters. The Hall–Kier alpha value is -3.67. The van der Waals surface area contributed by atoms with Crippen LogP contribution in [0, 0.1) is 20.8 Å². The highest BCUT2D eigenvalue weighted by molar-refractivity contribution is 5.92. The fourth-order valence-corrected chi connectivity index (χ4v) is 3.29. The monoisotopic (exact) mass is 400 g/mol. The van der Waals surface area contributed by atoms with Crippen molar-refractivity contribution in [2.45, 2.75) is 33.7 Å². The number of carbonyl (C=O) groups is 1. The number of hydrogen-bond acceptors (Lipinski definition) is 4. The highest BCUT2D eigenvalue weighted by Gasteiger charge is 2.13. The van der Waals surface area contributed by atoms with Crippen molar-refractivity contribution in [3.8, 4) is 11.5 Å². The Bertz CT molecular complexity index is 1170. The van der Waals surface area contributed by atoms with Crippen LogP contribution in [-0.2, 0) is 17.8 Å². The van der Waals surface area contributed by atoms with E-state index in [1.807, 2.05) is 86.4 Å². The molecule has 0 atom stereocenters. The van der Waals surface area contributed by atoms with Gasteiger partial charge in [0.25, 0.3) is 0 Å². The van der Waals surface area contributed by atoms with Crippen LogP contribution in [0.1, 0.15) is 28.1 Å². The minimum Gasteiger partial charge on any atom is -0.441 e. The van der Waals surface area contributed by atoms with Gasteiger partial charge in [-0.1, -0.05) is 24.3 Å². The third-order valence-corrected chi connectivity index (χ3v) is 4.99. The minimum atomic E-state index is -0.0409. The molecular weight excluding hydrogens is 376 g/mol. The number of carbonyl (C=O) groups excluding carboxylic acids is 1. The van der Waals surface area contributed by atoms with Gasteiger partial charge in [-0.15, -0.1) is 0 Å². The van der Waals surface area contributed by atoms with Crippen molar-refractivity contribution < 1.29 is 9.21 Å². The van der Waals surface area contributed by atoms with E-state index in [0.717, 1.165) is 39.4 Å². The standard InChI is InChI=1S/C24H24N4O2/c1-16-13-25-28(14-16)15-22-18(3)30-24(27-22)19-8-10-21(11-9-19)26-23(29)12-20-7-5-4-6-17(20)2/h4-11,13-14H,12,15H2,1-3H3,(H,26,29). The van der Waals surface area contributed by atoms with Crippen LogP contribution in [0.3, 0.4) is 0 Å². The summed E-state index contributed by atoms with van der Waals surface area (Å²) in [4.78, 5) is 17.0. The lowest BCUT2D eigenvalue weighted by atomic mass is 10.1. The van der Waals surface area contributed by atoms with Gasteiger partial charge in [-0.25, -0.2) is 4.98 Å². The van der Waals surface area contributed by atoms with Crippen molar-refractivity contribution in [1.82, 2.24) is 14.8 Å². The van der Waals surface area contributed by atoms with Gasteiger partial charge >= 0.3 is 0 Å². The Morgan fingerprint density at radius 3 is 2.53 bits per heavy atom. The maximum Gasteiger partial charge on any atom is 0.228 e. The maximum atomic E-state index is 12.4. The molecule has 6 nitrogen and oxygen atoms in total. The van der Waals surface area contributed by atoms with Gasteiger partial charge in [0.15, 0.2) is 0 Å². The number of nitrogens with zero attached hydrogens (tertiary/aromatic N) is 3. The van der Waals surface area contributed by atoms with Crippen molar-refractivity contribution in [2.24, 2.45) is 0 Å². The highest BCUT2D eigenvalue weighted by atomic mass is 16.4. The first-order chi connectivity index (χ1) is 14.5. The quantitative estimate of drug-likeness (QED) is 0.509. The number of anilines is 1. The number of benzene rings is 2. The second kappa shape index (κ2) is 8.37. The van der Waals surface area contributed by atoms with Gasteiger partial charge in [0.05, 0.1) is 19.2 Å². The number of amides is 1. The summed E-state index contributed by atoms with van der Waals surface area (Å²) in [7, 11) is 0. The van der Waals surface area contributed by atoms with E-state index >= 15 is 0 Å². The summed E-state index contributed by atoms with van der Waals surface area (Å²) in [6, 6.07) is 15.4. The second-order valence-electron chi connectivity index (χ2n) is 7.47. The lowest BCUT2D eigenvalue weighted by Gasteiger charge is -2.07. The fourth-order valence-electron chi connectivity index (χ4n) is 3.29. The number of aromatic nitrogens is 3. The molecule has 2 aromatic carbocycles. The normalized spacial score (nSPS) is 10.9. The minimum absolute atomic E-state index is 0.0409. The maximum absolute atomic E-state index is 12.4. The van der Waals surface area contributed by atoms with Crippen LogP contribution < -0.4 is 5.32 Å². The average molecular weight is 400 g/mol. The third kappa shape index (κ3) is 4.49. The molecule has 6 heteroatoms. The summed E-state index contributed by atoms with van der Waals surface area (Å²) in [6.45, 7) is 6.49. The zero-order valence-electron chi connectivity index (χ0n) is 17.3. The first-order valence-corrected chi connectivity index (χ1v) is 9.88. The highest BCUT2D eigenvalue weighted by Crippen LogP contribution is 2.24. The lowest BCUT2D eigenvalue weighted by molar-refractivity contribution is -0.115. The van der Waals surface area contributed by atoms with Crippen molar-refractivity contribution >= 4 is 11.6 Å². The summed E-state index contributed by atoms with van der Waals surface area (Å²) in [5.74, 6) is 1.29. The Labute approximate surface area is 175 Å². The lowest BCUT2D eigenvalue weighted by Crippen LogP contribution is -2.14. The first kappa shape index (κ1) is 19.6. The van der Waals surface area contributed by atoms with E-state index in [1.165, 1.54) is 0 Å². The van der Waals surface area contributed by atoms with Crippen molar-refractivity contribution in [1.29, 1.82) is 0 Å². The molecule has 30 heavy (non-hydrogen) atoms. The van der Waals surface area contributed by atoms with Crippen molar-refractivity contribution in [2.75, 3.05) is 5.32 Å². The molecule has 2 aromatic heterocycles. The molecular formula is C24H24N4O2. The van der Waals surface area contributed by atoms with E-state index in [1.54, 1.807) is 0 Å². The summed E-state index contributed by atoms with van der Waals surface area (Å²) < 4.78 is 7.70. The predicted octanol–water partition coefficient (Wildman–Crippen LogP) is 4.69. The Morgan fingerprint density at radius 2 is 1.83 bits per heavy atom. The summed E-state index contributed by atoms with van der Waals surface area (Å²) >= 11 is 0. The van der Waals surface area contributed by atoms with E-state index in [0.29, 0.717) is 18.9 Å². The van der Waals surface area contributed by atoms with Crippen LogP contribution in [-0.4, -0.2) is 20.7 Å². The number of nitrogens with one attached hydrogen (secondary N) is 1. The van der Waals surface area contributed by atoms with Crippen LogP contribution in [0.15, 0.2) is 65.3 Å². The van der Waals surface area contributed by atoms with Gasteiger partial charge in [-0.05, 0) is 61.7 Å². The van der Waals surface area contributed by atoms with Gasteiger partial charge in [0, 0.05) is 17.4 Å². The SMILES string of the molecule is Cc1cnn(Cc2nc(-c3ccc(NC(=O)Cc4ccccc4C)cc3)oc2C)c1. The zero-order chi connectivity index (χ0) is 21.1. The first-order valence-electron chi connectivity index (χ1n) is 9.88. The van der Waals surface area contributed by atoms with E-state index in [9.17, 15) is 4.79 Å². The molecule has 0 aliphatic heterocycles. The fraction of sp³-hybridized carbons (Fsp3) is 0.208. The molecule has 4 rings (SSSR count). The van der Waals surface area contributed by atoms with Crippen molar-refractivity contribution in [3.05, 3.63) is 89.1 Å². The van der Waals surface area contributed by atoms with Crippen LogP contribution >= 0.6 is 0 Å². The van der Waals surface area contributed by atoms with Gasteiger partial charge < -0.3 is 9.73 Å². The molecule has 0 saturated heterocycles. The Kier molecular flexibility index (Phi) is 5.48. The molecule has 0 saturated carbocycles. The molecule has 152 valence electrons. The largest absolute Gasteiger partial charge is 0.441 e. The molecule has 0 fully saturated rings. The molecule has 4 aromatic rings. The third-order valence-electron chi connectivity index (χ3n) is 4.99. The van der Waals surface area contributed by atoms with Gasteiger partial charge in [-0.3, -0.25) is 9.48 Å². The molecule has 2 heterocycles. The average Bonchev–Trinajstić information content (AvgIpc) is 3.30. The zero-order valence-corrected chi connectivity index (χ0v) is 17.3. The van der Waals surface area contributed by atoms with Crippen LogP contribution in [0.2, 0.25) is 0 Å². The number of hydrogen-bond donors (Lipinski definition) is 1. The van der Waals surface area contributed by atoms with E-state index in [-0.39, 0.29) is 5.91 Å². The predicted molar refractivity (Wildman–Crippen MR) is 116 cm³/mol. The van der Waals surface area contributed by atoms with Crippen molar-refractivity contribution in [3.63, 3.8) is 0 Å².